The zero-order chi connectivity index (χ0) is 13.2. The molecule has 6 heteroatoms. The molecule has 0 radical (unpaired) electrons. The first kappa shape index (κ1) is 12.7. The SMILES string of the molecule is O=C(NCC1CCCO1)c1ccc2c(c1)B(O)OC2. The van der Waals surface area contributed by atoms with Crippen LogP contribution in [0.4, 0.5) is 0 Å². The molecule has 1 fully saturated rings. The van der Waals surface area contributed by atoms with E-state index in [2.05, 4.69) is 5.32 Å². The van der Waals surface area contributed by atoms with Crippen LogP contribution >= 0.6 is 0 Å². The number of ether oxygens (including phenoxy) is 1. The molecule has 2 aliphatic heterocycles. The molecule has 0 aromatic heterocycles. The van der Waals surface area contributed by atoms with Gasteiger partial charge in [0.25, 0.3) is 5.91 Å². The Kier molecular flexibility index (Phi) is 3.55. The average molecular weight is 261 g/mol. The zero-order valence-corrected chi connectivity index (χ0v) is 10.6. The van der Waals surface area contributed by atoms with E-state index in [-0.39, 0.29) is 12.0 Å². The van der Waals surface area contributed by atoms with E-state index in [0.29, 0.717) is 24.2 Å². The van der Waals surface area contributed by atoms with Gasteiger partial charge in [-0.05, 0) is 36.0 Å². The first-order chi connectivity index (χ1) is 9.24. The van der Waals surface area contributed by atoms with Gasteiger partial charge in [0.15, 0.2) is 0 Å². The number of fused-ring (bicyclic) bond motifs is 1. The fourth-order valence-corrected chi connectivity index (χ4v) is 2.47. The lowest BCUT2D eigenvalue weighted by molar-refractivity contribution is 0.0858. The van der Waals surface area contributed by atoms with Crippen molar-refractivity contribution in [3.63, 3.8) is 0 Å². The summed E-state index contributed by atoms with van der Waals surface area (Å²) in [7, 11) is -0.916. The summed E-state index contributed by atoms with van der Waals surface area (Å²) >= 11 is 0. The Morgan fingerprint density at radius 3 is 3.21 bits per heavy atom. The topological polar surface area (TPSA) is 67.8 Å². The lowest BCUT2D eigenvalue weighted by atomic mass is 9.79. The van der Waals surface area contributed by atoms with E-state index in [4.69, 9.17) is 9.39 Å². The van der Waals surface area contributed by atoms with Gasteiger partial charge in [-0.15, -0.1) is 0 Å². The van der Waals surface area contributed by atoms with E-state index < -0.39 is 7.12 Å². The molecule has 0 aliphatic carbocycles. The predicted octanol–water partition coefficient (Wildman–Crippen LogP) is -0.187. The Morgan fingerprint density at radius 1 is 1.53 bits per heavy atom. The number of nitrogens with one attached hydrogen (secondary N) is 1. The third-order valence-electron chi connectivity index (χ3n) is 3.59. The molecule has 3 rings (SSSR count). The van der Waals surface area contributed by atoms with Crippen molar-refractivity contribution in [2.45, 2.75) is 25.6 Å². The summed E-state index contributed by atoms with van der Waals surface area (Å²) in [4.78, 5) is 12.0. The normalized spacial score (nSPS) is 21.5. The summed E-state index contributed by atoms with van der Waals surface area (Å²) in [6, 6.07) is 5.27. The second kappa shape index (κ2) is 5.32. The number of hydrogen-bond acceptors (Lipinski definition) is 4. The lowest BCUT2D eigenvalue weighted by Gasteiger charge is -2.11. The van der Waals surface area contributed by atoms with Gasteiger partial charge in [-0.3, -0.25) is 4.79 Å². The Bertz CT molecular complexity index is 488. The highest BCUT2D eigenvalue weighted by Crippen LogP contribution is 2.13. The molecule has 1 saturated heterocycles. The molecule has 2 aliphatic rings. The highest BCUT2D eigenvalue weighted by atomic mass is 16.5. The summed E-state index contributed by atoms with van der Waals surface area (Å²) in [5.74, 6) is -0.141. The fraction of sp³-hybridized carbons (Fsp3) is 0.462. The standard InChI is InChI=1S/C13H16BNO4/c16-13(15-7-11-2-1-5-18-11)9-3-4-10-8-19-14(17)12(10)6-9/h3-4,6,11,17H,1-2,5,7-8H2,(H,15,16). The number of amides is 1. The summed E-state index contributed by atoms with van der Waals surface area (Å²) in [5.41, 5.74) is 2.16. The van der Waals surface area contributed by atoms with Crippen molar-refractivity contribution < 1.29 is 19.2 Å². The van der Waals surface area contributed by atoms with Crippen LogP contribution in [0.2, 0.25) is 0 Å². The van der Waals surface area contributed by atoms with Gasteiger partial charge in [0.05, 0.1) is 12.7 Å². The van der Waals surface area contributed by atoms with Gasteiger partial charge in [0.2, 0.25) is 0 Å². The molecule has 1 aromatic rings. The molecule has 1 atom stereocenters. The van der Waals surface area contributed by atoms with E-state index in [1.807, 2.05) is 6.07 Å². The van der Waals surface area contributed by atoms with Gasteiger partial charge in [0.1, 0.15) is 0 Å². The first-order valence-electron chi connectivity index (χ1n) is 6.56. The second-order valence-electron chi connectivity index (χ2n) is 4.92. The van der Waals surface area contributed by atoms with Crippen LogP contribution in [-0.4, -0.2) is 37.3 Å². The molecule has 1 amide bonds. The van der Waals surface area contributed by atoms with E-state index in [9.17, 15) is 9.82 Å². The predicted molar refractivity (Wildman–Crippen MR) is 70.1 cm³/mol. The third-order valence-corrected chi connectivity index (χ3v) is 3.59. The molecule has 1 unspecified atom stereocenters. The molecule has 0 bridgehead atoms. The molecular weight excluding hydrogens is 245 g/mol. The highest BCUT2D eigenvalue weighted by molar-refractivity contribution is 6.61. The number of hydrogen-bond donors (Lipinski definition) is 2. The maximum atomic E-state index is 12.0. The number of rotatable bonds is 3. The minimum Gasteiger partial charge on any atom is -0.423 e. The number of benzene rings is 1. The van der Waals surface area contributed by atoms with Gasteiger partial charge in [-0.25, -0.2) is 0 Å². The van der Waals surface area contributed by atoms with Gasteiger partial charge in [-0.2, -0.15) is 0 Å². The van der Waals surface area contributed by atoms with Crippen molar-refractivity contribution >= 4 is 18.5 Å². The lowest BCUT2D eigenvalue weighted by Crippen LogP contribution is -2.33. The summed E-state index contributed by atoms with van der Waals surface area (Å²) < 4.78 is 10.6. The molecular formula is C13H16BNO4. The summed E-state index contributed by atoms with van der Waals surface area (Å²) in [5, 5.41) is 12.5. The largest absolute Gasteiger partial charge is 0.491 e. The van der Waals surface area contributed by atoms with Crippen molar-refractivity contribution in [3.8, 4) is 0 Å². The van der Waals surface area contributed by atoms with Gasteiger partial charge >= 0.3 is 7.12 Å². The molecule has 5 nitrogen and oxygen atoms in total. The van der Waals surface area contributed by atoms with Crippen LogP contribution in [0.15, 0.2) is 18.2 Å². The van der Waals surface area contributed by atoms with Gasteiger partial charge in [0, 0.05) is 18.7 Å². The highest BCUT2D eigenvalue weighted by Gasteiger charge is 2.28. The first-order valence-corrected chi connectivity index (χ1v) is 6.56. The minimum atomic E-state index is -0.916. The zero-order valence-electron chi connectivity index (χ0n) is 10.6. The Morgan fingerprint density at radius 2 is 2.42 bits per heavy atom. The number of carbonyl (C=O) groups excluding carboxylic acids is 1. The van der Waals surface area contributed by atoms with Crippen molar-refractivity contribution in [2.75, 3.05) is 13.2 Å². The van der Waals surface area contributed by atoms with Crippen LogP contribution in [0.3, 0.4) is 0 Å². The van der Waals surface area contributed by atoms with Crippen molar-refractivity contribution in [2.24, 2.45) is 0 Å². The quantitative estimate of drug-likeness (QED) is 0.740. The van der Waals surface area contributed by atoms with Crippen LogP contribution in [0.1, 0.15) is 28.8 Å². The van der Waals surface area contributed by atoms with Crippen LogP contribution in [-0.2, 0) is 16.0 Å². The molecule has 2 heterocycles. The average Bonchev–Trinajstić information content (AvgIpc) is 3.06. The molecule has 100 valence electrons. The van der Waals surface area contributed by atoms with Gasteiger partial charge < -0.3 is 19.7 Å². The Balaban J connectivity index is 1.65. The fourth-order valence-electron chi connectivity index (χ4n) is 2.47. The maximum absolute atomic E-state index is 12.0. The Labute approximate surface area is 112 Å². The van der Waals surface area contributed by atoms with Crippen LogP contribution in [0, 0.1) is 0 Å². The number of carbonyl (C=O) groups is 1. The van der Waals surface area contributed by atoms with E-state index in [0.717, 1.165) is 25.0 Å². The third kappa shape index (κ3) is 2.65. The minimum absolute atomic E-state index is 0.132. The molecule has 0 saturated carbocycles. The van der Waals surface area contributed by atoms with Crippen molar-refractivity contribution in [1.82, 2.24) is 5.32 Å². The van der Waals surface area contributed by atoms with Crippen molar-refractivity contribution in [3.05, 3.63) is 29.3 Å². The summed E-state index contributed by atoms with van der Waals surface area (Å²) in [6.45, 7) is 1.71. The van der Waals surface area contributed by atoms with Crippen LogP contribution < -0.4 is 10.8 Å². The molecule has 1 aromatic carbocycles. The van der Waals surface area contributed by atoms with Gasteiger partial charge in [-0.1, -0.05) is 6.07 Å². The smallest absolute Gasteiger partial charge is 0.423 e. The van der Waals surface area contributed by atoms with E-state index >= 15 is 0 Å². The summed E-state index contributed by atoms with van der Waals surface area (Å²) in [6.07, 6.45) is 2.19. The van der Waals surface area contributed by atoms with Crippen LogP contribution in [0.25, 0.3) is 0 Å². The van der Waals surface area contributed by atoms with E-state index in [1.54, 1.807) is 12.1 Å². The molecule has 19 heavy (non-hydrogen) atoms. The monoisotopic (exact) mass is 261 g/mol. The second-order valence-corrected chi connectivity index (χ2v) is 4.92. The Hall–Kier alpha value is -1.37. The maximum Gasteiger partial charge on any atom is 0.491 e. The molecule has 2 N–H and O–H groups in total. The van der Waals surface area contributed by atoms with Crippen molar-refractivity contribution in [1.29, 1.82) is 0 Å². The van der Waals surface area contributed by atoms with Crippen LogP contribution in [0.5, 0.6) is 0 Å². The molecule has 0 spiro atoms. The van der Waals surface area contributed by atoms with E-state index in [1.165, 1.54) is 0 Å².